The van der Waals surface area contributed by atoms with Crippen molar-refractivity contribution in [2.75, 3.05) is 19.7 Å². The summed E-state index contributed by atoms with van der Waals surface area (Å²) in [6.07, 6.45) is 4.29. The van der Waals surface area contributed by atoms with Crippen LogP contribution in [0.5, 0.6) is 0 Å². The van der Waals surface area contributed by atoms with Gasteiger partial charge in [0.15, 0.2) is 0 Å². The molecule has 0 spiro atoms. The number of aliphatic hydroxyl groups excluding tert-OH is 1. The number of amides is 2. The monoisotopic (exact) mass is 228 g/mol. The molecule has 5 heteroatoms. The molecular formula is C11H20N2O3. The van der Waals surface area contributed by atoms with E-state index in [1.54, 1.807) is 4.90 Å². The maximum absolute atomic E-state index is 11.8. The standard InChI is InChI=1S/C11H20N2O3/c1-9(15)12-8-11(16)13(6-7-14)10-4-2-3-5-10/h10,14H,2-8H2,1H3,(H,12,15). The van der Waals surface area contributed by atoms with Crippen molar-refractivity contribution >= 4 is 11.8 Å². The van der Waals surface area contributed by atoms with Gasteiger partial charge in [-0.25, -0.2) is 0 Å². The van der Waals surface area contributed by atoms with Gasteiger partial charge in [-0.15, -0.1) is 0 Å². The second-order valence-electron chi connectivity index (χ2n) is 4.16. The van der Waals surface area contributed by atoms with Gasteiger partial charge in [-0.3, -0.25) is 9.59 Å². The summed E-state index contributed by atoms with van der Waals surface area (Å²) in [7, 11) is 0. The molecule has 0 radical (unpaired) electrons. The molecule has 1 aliphatic rings. The lowest BCUT2D eigenvalue weighted by molar-refractivity contribution is -0.134. The first-order valence-corrected chi connectivity index (χ1v) is 5.80. The summed E-state index contributed by atoms with van der Waals surface area (Å²) in [6.45, 7) is 1.76. The topological polar surface area (TPSA) is 69.6 Å². The van der Waals surface area contributed by atoms with E-state index in [0.29, 0.717) is 6.54 Å². The number of carbonyl (C=O) groups excluding carboxylic acids is 2. The molecule has 0 bridgehead atoms. The molecule has 0 aliphatic heterocycles. The minimum absolute atomic E-state index is 0.0255. The van der Waals surface area contributed by atoms with Crippen molar-refractivity contribution in [1.29, 1.82) is 0 Å². The van der Waals surface area contributed by atoms with Crippen LogP contribution >= 0.6 is 0 Å². The second-order valence-corrected chi connectivity index (χ2v) is 4.16. The average Bonchev–Trinajstić information content (AvgIpc) is 2.75. The van der Waals surface area contributed by atoms with E-state index in [-0.39, 0.29) is 31.0 Å². The number of nitrogens with zero attached hydrogens (tertiary/aromatic N) is 1. The number of nitrogens with one attached hydrogen (secondary N) is 1. The van der Waals surface area contributed by atoms with E-state index in [1.807, 2.05) is 0 Å². The van der Waals surface area contributed by atoms with Crippen LogP contribution in [-0.4, -0.2) is 47.6 Å². The molecule has 0 heterocycles. The lowest BCUT2D eigenvalue weighted by Crippen LogP contribution is -2.45. The van der Waals surface area contributed by atoms with E-state index in [1.165, 1.54) is 6.92 Å². The fourth-order valence-electron chi connectivity index (χ4n) is 2.14. The minimum atomic E-state index is -0.205. The van der Waals surface area contributed by atoms with Gasteiger partial charge in [-0.2, -0.15) is 0 Å². The van der Waals surface area contributed by atoms with Crippen molar-refractivity contribution < 1.29 is 14.7 Å². The highest BCUT2D eigenvalue weighted by Gasteiger charge is 2.25. The number of rotatable bonds is 5. The SMILES string of the molecule is CC(=O)NCC(=O)N(CCO)C1CCCC1. The molecule has 1 saturated carbocycles. The lowest BCUT2D eigenvalue weighted by Gasteiger charge is -2.28. The number of carbonyl (C=O) groups is 2. The van der Waals surface area contributed by atoms with Crippen LogP contribution in [0.15, 0.2) is 0 Å². The van der Waals surface area contributed by atoms with Crippen molar-refractivity contribution in [3.05, 3.63) is 0 Å². The fraction of sp³-hybridized carbons (Fsp3) is 0.818. The van der Waals surface area contributed by atoms with Gasteiger partial charge < -0.3 is 15.3 Å². The molecule has 0 atom stereocenters. The molecule has 1 rings (SSSR count). The quantitative estimate of drug-likeness (QED) is 0.689. The first-order valence-electron chi connectivity index (χ1n) is 5.80. The maximum atomic E-state index is 11.8. The van der Waals surface area contributed by atoms with Gasteiger partial charge in [0, 0.05) is 19.5 Å². The third-order valence-electron chi connectivity index (χ3n) is 2.92. The van der Waals surface area contributed by atoms with Crippen molar-refractivity contribution in [2.45, 2.75) is 38.6 Å². The first-order chi connectivity index (χ1) is 7.65. The van der Waals surface area contributed by atoms with E-state index in [2.05, 4.69) is 5.32 Å². The Morgan fingerprint density at radius 2 is 2.00 bits per heavy atom. The van der Waals surface area contributed by atoms with Crippen LogP contribution in [-0.2, 0) is 9.59 Å². The summed E-state index contributed by atoms with van der Waals surface area (Å²) in [4.78, 5) is 24.2. The zero-order valence-electron chi connectivity index (χ0n) is 9.74. The largest absolute Gasteiger partial charge is 0.395 e. The molecule has 0 aromatic rings. The summed E-state index contributed by atoms with van der Waals surface area (Å²) in [5, 5.41) is 11.4. The zero-order chi connectivity index (χ0) is 12.0. The molecule has 2 amide bonds. The van der Waals surface area contributed by atoms with Gasteiger partial charge in [-0.05, 0) is 12.8 Å². The first kappa shape index (κ1) is 13.0. The molecule has 2 N–H and O–H groups in total. The molecule has 16 heavy (non-hydrogen) atoms. The average molecular weight is 228 g/mol. The van der Waals surface area contributed by atoms with Crippen molar-refractivity contribution in [1.82, 2.24) is 10.2 Å². The second kappa shape index (κ2) is 6.48. The summed E-state index contributed by atoms with van der Waals surface area (Å²) in [5.41, 5.74) is 0. The third-order valence-corrected chi connectivity index (χ3v) is 2.92. The Morgan fingerprint density at radius 3 is 2.50 bits per heavy atom. The van der Waals surface area contributed by atoms with Crippen LogP contribution in [0, 0.1) is 0 Å². The highest BCUT2D eigenvalue weighted by Crippen LogP contribution is 2.23. The molecular weight excluding hydrogens is 208 g/mol. The smallest absolute Gasteiger partial charge is 0.242 e. The molecule has 92 valence electrons. The van der Waals surface area contributed by atoms with E-state index < -0.39 is 0 Å². The molecule has 1 fully saturated rings. The van der Waals surface area contributed by atoms with Crippen LogP contribution in [0.3, 0.4) is 0 Å². The molecule has 0 aromatic carbocycles. The van der Waals surface area contributed by atoms with Crippen LogP contribution in [0.4, 0.5) is 0 Å². The molecule has 1 aliphatic carbocycles. The Labute approximate surface area is 95.8 Å². The Morgan fingerprint density at radius 1 is 1.38 bits per heavy atom. The van der Waals surface area contributed by atoms with Gasteiger partial charge in [-0.1, -0.05) is 12.8 Å². The zero-order valence-corrected chi connectivity index (χ0v) is 9.74. The molecule has 0 unspecified atom stereocenters. The van der Waals surface area contributed by atoms with Crippen LogP contribution in [0.2, 0.25) is 0 Å². The van der Waals surface area contributed by atoms with Crippen molar-refractivity contribution in [3.63, 3.8) is 0 Å². The summed E-state index contributed by atoms with van der Waals surface area (Å²) in [6, 6.07) is 0.244. The lowest BCUT2D eigenvalue weighted by atomic mass is 10.2. The summed E-state index contributed by atoms with van der Waals surface area (Å²) in [5.74, 6) is -0.306. The van der Waals surface area contributed by atoms with Gasteiger partial charge in [0.25, 0.3) is 0 Å². The van der Waals surface area contributed by atoms with Gasteiger partial charge in [0.2, 0.25) is 11.8 Å². The highest BCUT2D eigenvalue weighted by molar-refractivity contribution is 5.83. The van der Waals surface area contributed by atoms with Crippen LogP contribution < -0.4 is 5.32 Å². The predicted molar refractivity (Wildman–Crippen MR) is 59.7 cm³/mol. The Balaban J connectivity index is 2.47. The van der Waals surface area contributed by atoms with Gasteiger partial charge in [0.1, 0.15) is 0 Å². The number of aliphatic hydroxyl groups is 1. The predicted octanol–water partition coefficient (Wildman–Crippen LogP) is -0.114. The number of hydrogen-bond acceptors (Lipinski definition) is 3. The van der Waals surface area contributed by atoms with E-state index in [9.17, 15) is 9.59 Å². The van der Waals surface area contributed by atoms with E-state index in [0.717, 1.165) is 25.7 Å². The molecule has 5 nitrogen and oxygen atoms in total. The summed E-state index contributed by atoms with van der Waals surface area (Å²) < 4.78 is 0. The molecule has 0 aromatic heterocycles. The Bertz CT molecular complexity index is 250. The van der Waals surface area contributed by atoms with Gasteiger partial charge in [0.05, 0.1) is 13.2 Å². The van der Waals surface area contributed by atoms with E-state index >= 15 is 0 Å². The normalized spacial score (nSPS) is 16.1. The third kappa shape index (κ3) is 3.81. The molecule has 0 saturated heterocycles. The van der Waals surface area contributed by atoms with Crippen molar-refractivity contribution in [3.8, 4) is 0 Å². The summed E-state index contributed by atoms with van der Waals surface area (Å²) >= 11 is 0. The number of hydrogen-bond donors (Lipinski definition) is 2. The highest BCUT2D eigenvalue weighted by atomic mass is 16.3. The van der Waals surface area contributed by atoms with Gasteiger partial charge >= 0.3 is 0 Å². The Kier molecular flexibility index (Phi) is 5.25. The van der Waals surface area contributed by atoms with Crippen LogP contribution in [0.1, 0.15) is 32.6 Å². The maximum Gasteiger partial charge on any atom is 0.242 e. The van der Waals surface area contributed by atoms with E-state index in [4.69, 9.17) is 5.11 Å². The minimum Gasteiger partial charge on any atom is -0.395 e. The van der Waals surface area contributed by atoms with Crippen molar-refractivity contribution in [2.24, 2.45) is 0 Å². The Hall–Kier alpha value is -1.10. The van der Waals surface area contributed by atoms with Crippen LogP contribution in [0.25, 0.3) is 0 Å². The fourth-order valence-corrected chi connectivity index (χ4v) is 2.14.